The van der Waals surface area contributed by atoms with Gasteiger partial charge in [-0.2, -0.15) is 0 Å². The molecule has 0 radical (unpaired) electrons. The van der Waals surface area contributed by atoms with Gasteiger partial charge in [-0.1, -0.05) is 33.3 Å². The van der Waals surface area contributed by atoms with Gasteiger partial charge in [0.15, 0.2) is 0 Å². The number of thiazole rings is 1. The van der Waals surface area contributed by atoms with Crippen molar-refractivity contribution in [2.45, 2.75) is 13.8 Å². The van der Waals surface area contributed by atoms with Gasteiger partial charge in [0, 0.05) is 16.3 Å². The van der Waals surface area contributed by atoms with E-state index >= 15 is 0 Å². The Morgan fingerprint density at radius 3 is 2.73 bits per heavy atom. The van der Waals surface area contributed by atoms with Gasteiger partial charge in [0.05, 0.1) is 14.7 Å². The van der Waals surface area contributed by atoms with Crippen LogP contribution in [0, 0.1) is 13.8 Å². The number of aliphatic imine (C=N–C) groups is 1. The maximum Gasteiger partial charge on any atom is 0.210 e. The number of halogens is 2. The van der Waals surface area contributed by atoms with E-state index in [0.717, 1.165) is 20.3 Å². The second-order valence-electron chi connectivity index (χ2n) is 5.01. The zero-order chi connectivity index (χ0) is 15.9. The fraction of sp³-hybridized carbons (Fsp3) is 0.125. The molecule has 0 unspecified atom stereocenters. The van der Waals surface area contributed by atoms with Gasteiger partial charge in [-0.25, -0.2) is 9.98 Å². The molecule has 0 atom stereocenters. The molecule has 2 aromatic carbocycles. The third-order valence-corrected chi connectivity index (χ3v) is 5.16. The molecule has 1 heterocycles. The molecule has 0 bridgehead atoms. The average Bonchev–Trinajstić information content (AvgIpc) is 2.84. The molecule has 0 saturated heterocycles. The van der Waals surface area contributed by atoms with Crippen LogP contribution in [0.4, 0.5) is 5.13 Å². The molecular formula is C16H12Br2N2OS. The summed E-state index contributed by atoms with van der Waals surface area (Å²) in [6, 6.07) is 7.84. The molecule has 3 rings (SSSR count). The second-order valence-corrected chi connectivity index (χ2v) is 7.79. The summed E-state index contributed by atoms with van der Waals surface area (Å²) in [6.45, 7) is 4.13. The van der Waals surface area contributed by atoms with Gasteiger partial charge in [-0.05, 0) is 59.1 Å². The lowest BCUT2D eigenvalue weighted by Gasteiger charge is -2.02. The first-order valence-electron chi connectivity index (χ1n) is 6.54. The number of nitrogens with zero attached hydrogens (tertiary/aromatic N) is 2. The topological polar surface area (TPSA) is 45.5 Å². The highest BCUT2D eigenvalue weighted by Crippen LogP contribution is 2.33. The van der Waals surface area contributed by atoms with Crippen molar-refractivity contribution in [3.63, 3.8) is 0 Å². The van der Waals surface area contributed by atoms with E-state index in [0.29, 0.717) is 15.2 Å². The van der Waals surface area contributed by atoms with Crippen molar-refractivity contribution in [3.05, 3.63) is 49.9 Å². The van der Waals surface area contributed by atoms with Crippen molar-refractivity contribution in [2.24, 2.45) is 4.99 Å². The number of benzene rings is 2. The van der Waals surface area contributed by atoms with E-state index in [1.54, 1.807) is 23.6 Å². The lowest BCUT2D eigenvalue weighted by molar-refractivity contribution is 0.471. The normalized spacial score (nSPS) is 11.6. The molecule has 0 saturated carbocycles. The van der Waals surface area contributed by atoms with Crippen LogP contribution in [0.3, 0.4) is 0 Å². The summed E-state index contributed by atoms with van der Waals surface area (Å²) < 4.78 is 2.62. The average molecular weight is 440 g/mol. The smallest absolute Gasteiger partial charge is 0.210 e. The van der Waals surface area contributed by atoms with E-state index in [2.05, 4.69) is 67.8 Å². The van der Waals surface area contributed by atoms with Crippen LogP contribution in [0.15, 0.2) is 38.2 Å². The van der Waals surface area contributed by atoms with Gasteiger partial charge < -0.3 is 5.11 Å². The number of aryl methyl sites for hydroxylation is 2. The van der Waals surface area contributed by atoms with Crippen molar-refractivity contribution in [1.29, 1.82) is 0 Å². The Kier molecular flexibility index (Phi) is 4.34. The number of rotatable bonds is 2. The molecule has 3 nitrogen and oxygen atoms in total. The van der Waals surface area contributed by atoms with Gasteiger partial charge in [0.2, 0.25) is 5.13 Å². The van der Waals surface area contributed by atoms with Crippen molar-refractivity contribution >= 4 is 64.8 Å². The zero-order valence-corrected chi connectivity index (χ0v) is 15.9. The van der Waals surface area contributed by atoms with E-state index in [-0.39, 0.29) is 5.75 Å². The molecule has 0 aliphatic carbocycles. The molecule has 1 N–H and O–H groups in total. The van der Waals surface area contributed by atoms with Gasteiger partial charge >= 0.3 is 0 Å². The van der Waals surface area contributed by atoms with Crippen LogP contribution >= 0.6 is 43.2 Å². The number of hydrogen-bond donors (Lipinski definition) is 1. The summed E-state index contributed by atoms with van der Waals surface area (Å²) in [5.41, 5.74) is 3.99. The number of fused-ring (bicyclic) bond motifs is 1. The summed E-state index contributed by atoms with van der Waals surface area (Å²) in [5.74, 6) is 0.167. The van der Waals surface area contributed by atoms with Gasteiger partial charge in [0.25, 0.3) is 0 Å². The molecule has 0 aliphatic rings. The van der Waals surface area contributed by atoms with E-state index in [1.807, 2.05) is 6.07 Å². The van der Waals surface area contributed by atoms with E-state index in [4.69, 9.17) is 0 Å². The summed E-state index contributed by atoms with van der Waals surface area (Å²) in [5, 5.41) is 10.7. The molecule has 0 spiro atoms. The lowest BCUT2D eigenvalue weighted by atomic mass is 10.1. The third-order valence-electron chi connectivity index (χ3n) is 3.19. The molecule has 22 heavy (non-hydrogen) atoms. The fourth-order valence-electron chi connectivity index (χ4n) is 2.22. The molecule has 1 aromatic heterocycles. The molecule has 112 valence electrons. The molecule has 0 amide bonds. The van der Waals surface area contributed by atoms with Gasteiger partial charge in [0.1, 0.15) is 5.75 Å². The fourth-order valence-corrected chi connectivity index (χ4v) is 4.47. The first-order valence-corrected chi connectivity index (χ1v) is 8.94. The van der Waals surface area contributed by atoms with E-state index in [9.17, 15) is 5.11 Å². The number of phenols is 1. The minimum Gasteiger partial charge on any atom is -0.506 e. The van der Waals surface area contributed by atoms with Crippen molar-refractivity contribution < 1.29 is 5.11 Å². The predicted octanol–water partition coefficient (Wildman–Crippen LogP) is 5.89. The van der Waals surface area contributed by atoms with Crippen LogP contribution in [0.25, 0.3) is 10.2 Å². The maximum atomic E-state index is 10.0. The highest BCUT2D eigenvalue weighted by atomic mass is 79.9. The number of phenolic OH excluding ortho intramolecular Hbond substituents is 1. The molecule has 3 aromatic rings. The molecule has 6 heteroatoms. The maximum absolute atomic E-state index is 10.0. The Morgan fingerprint density at radius 2 is 1.95 bits per heavy atom. The third kappa shape index (κ3) is 3.09. The standard InChI is InChI=1S/C16H12Br2N2OS/c1-8-3-9(2)14-13(4-8)22-16(20-14)19-7-10-5-11(17)6-12(18)15(10)21/h3-7,21H,1-2H3/b19-7+. The lowest BCUT2D eigenvalue weighted by Crippen LogP contribution is -1.84. The van der Waals surface area contributed by atoms with Crippen LogP contribution in [-0.2, 0) is 0 Å². The molecule has 0 fully saturated rings. The molecular weight excluding hydrogens is 428 g/mol. The number of hydrogen-bond acceptors (Lipinski definition) is 4. The minimum atomic E-state index is 0.167. The quantitative estimate of drug-likeness (QED) is 0.505. The largest absolute Gasteiger partial charge is 0.506 e. The van der Waals surface area contributed by atoms with Crippen LogP contribution in [0.1, 0.15) is 16.7 Å². The first kappa shape index (κ1) is 15.6. The van der Waals surface area contributed by atoms with Crippen LogP contribution in [-0.4, -0.2) is 16.3 Å². The van der Waals surface area contributed by atoms with Crippen molar-refractivity contribution in [1.82, 2.24) is 4.98 Å². The highest BCUT2D eigenvalue weighted by molar-refractivity contribution is 9.11. The monoisotopic (exact) mass is 438 g/mol. The number of aromatic hydroxyl groups is 1. The Morgan fingerprint density at radius 1 is 1.18 bits per heavy atom. The predicted molar refractivity (Wildman–Crippen MR) is 99.9 cm³/mol. The summed E-state index contributed by atoms with van der Waals surface area (Å²) in [7, 11) is 0. The van der Waals surface area contributed by atoms with Crippen LogP contribution < -0.4 is 0 Å². The highest BCUT2D eigenvalue weighted by Gasteiger charge is 2.08. The summed E-state index contributed by atoms with van der Waals surface area (Å²) >= 11 is 8.26. The van der Waals surface area contributed by atoms with Crippen LogP contribution in [0.2, 0.25) is 0 Å². The number of aromatic nitrogens is 1. The second kappa shape index (κ2) is 6.10. The SMILES string of the molecule is Cc1cc(C)c2nc(/N=C/c3cc(Br)cc(Br)c3O)sc2c1. The Labute approximate surface area is 149 Å². The first-order chi connectivity index (χ1) is 10.4. The van der Waals surface area contributed by atoms with Gasteiger partial charge in [-0.15, -0.1) is 0 Å². The van der Waals surface area contributed by atoms with E-state index < -0.39 is 0 Å². The minimum absolute atomic E-state index is 0.167. The van der Waals surface area contributed by atoms with Crippen molar-refractivity contribution in [2.75, 3.05) is 0 Å². The summed E-state index contributed by atoms with van der Waals surface area (Å²) in [6.07, 6.45) is 1.63. The van der Waals surface area contributed by atoms with Gasteiger partial charge in [-0.3, -0.25) is 0 Å². The Balaban J connectivity index is 2.01. The molecule has 0 aliphatic heterocycles. The van der Waals surface area contributed by atoms with Crippen molar-refractivity contribution in [3.8, 4) is 5.75 Å². The Bertz CT molecular complexity index is 903. The Hall–Kier alpha value is -1.24. The van der Waals surface area contributed by atoms with Crippen LogP contribution in [0.5, 0.6) is 5.75 Å². The summed E-state index contributed by atoms with van der Waals surface area (Å²) in [4.78, 5) is 8.97. The zero-order valence-electron chi connectivity index (χ0n) is 11.9. The van der Waals surface area contributed by atoms with E-state index in [1.165, 1.54) is 5.56 Å².